The minimum atomic E-state index is 1.24. The molecular weight excluding hydrogens is 276 g/mol. The van der Waals surface area contributed by atoms with Crippen molar-refractivity contribution in [2.24, 2.45) is 0 Å². The summed E-state index contributed by atoms with van der Waals surface area (Å²) in [6.45, 7) is 2.20. The van der Waals surface area contributed by atoms with E-state index in [9.17, 15) is 0 Å². The third-order valence-corrected chi connectivity index (χ3v) is 5.48. The van der Waals surface area contributed by atoms with Gasteiger partial charge in [0.2, 0.25) is 0 Å². The number of fused-ring (bicyclic) bond motifs is 2. The third kappa shape index (κ3) is 2.13. The van der Waals surface area contributed by atoms with Crippen LogP contribution in [0, 0.1) is 6.92 Å². The summed E-state index contributed by atoms with van der Waals surface area (Å²) in [5, 5.41) is 0. The average molecular weight is 296 g/mol. The van der Waals surface area contributed by atoms with Gasteiger partial charge in [0, 0.05) is 0 Å². The monoisotopic (exact) mass is 296 g/mol. The molecule has 0 fully saturated rings. The summed E-state index contributed by atoms with van der Waals surface area (Å²) in [4.78, 5) is 0. The standard InChI is InChI=1S/C23H20/c1-15-10-22(20-8-4-16-2-6-18(16)12-20)14-23(11-15)21-9-5-17-3-7-19(17)13-21/h4-5,8-14H,2-3,6-7H2,1H3. The van der Waals surface area contributed by atoms with E-state index in [0.717, 1.165) is 0 Å². The van der Waals surface area contributed by atoms with Crippen LogP contribution >= 0.6 is 0 Å². The second-order valence-electron chi connectivity index (χ2n) is 7.05. The van der Waals surface area contributed by atoms with Crippen LogP contribution in [0.25, 0.3) is 22.3 Å². The van der Waals surface area contributed by atoms with Crippen LogP contribution in [0.1, 0.15) is 27.8 Å². The summed E-state index contributed by atoms with van der Waals surface area (Å²) >= 11 is 0. The molecule has 0 aromatic heterocycles. The Labute approximate surface area is 137 Å². The number of rotatable bonds is 2. The molecule has 0 spiro atoms. The van der Waals surface area contributed by atoms with Crippen molar-refractivity contribution >= 4 is 0 Å². The molecule has 0 radical (unpaired) electrons. The molecule has 2 aliphatic rings. The van der Waals surface area contributed by atoms with Gasteiger partial charge in [-0.2, -0.15) is 0 Å². The lowest BCUT2D eigenvalue weighted by molar-refractivity contribution is 0.840. The van der Waals surface area contributed by atoms with Crippen molar-refractivity contribution < 1.29 is 0 Å². The van der Waals surface area contributed by atoms with Crippen LogP contribution < -0.4 is 0 Å². The van der Waals surface area contributed by atoms with E-state index in [1.807, 2.05) is 0 Å². The quantitative estimate of drug-likeness (QED) is 0.583. The summed E-state index contributed by atoms with van der Waals surface area (Å²) in [7, 11) is 0. The van der Waals surface area contributed by atoms with Gasteiger partial charge in [-0.15, -0.1) is 0 Å². The summed E-state index contributed by atoms with van der Waals surface area (Å²) in [5.74, 6) is 0. The van der Waals surface area contributed by atoms with E-state index in [4.69, 9.17) is 0 Å². The molecule has 0 aliphatic heterocycles. The highest BCUT2D eigenvalue weighted by Crippen LogP contribution is 2.34. The molecule has 2 aliphatic carbocycles. The zero-order chi connectivity index (χ0) is 15.4. The molecule has 3 aromatic carbocycles. The summed E-state index contributed by atoms with van der Waals surface area (Å²) in [6.07, 6.45) is 4.99. The Kier molecular flexibility index (Phi) is 2.76. The second-order valence-corrected chi connectivity index (χ2v) is 7.05. The first-order valence-electron chi connectivity index (χ1n) is 8.62. The molecule has 0 N–H and O–H groups in total. The SMILES string of the molecule is Cc1cc(-c2ccc3c(c2)CC3)cc(-c2ccc3c(c2)CC3)c1. The minimum Gasteiger partial charge on any atom is -0.0581 e. The van der Waals surface area contributed by atoms with Crippen LogP contribution in [0.3, 0.4) is 0 Å². The molecule has 0 heteroatoms. The van der Waals surface area contributed by atoms with Gasteiger partial charge in [-0.3, -0.25) is 0 Å². The first kappa shape index (κ1) is 13.1. The van der Waals surface area contributed by atoms with Gasteiger partial charge in [-0.1, -0.05) is 48.5 Å². The highest BCUT2D eigenvalue weighted by Gasteiger charge is 2.15. The molecule has 112 valence electrons. The predicted molar refractivity (Wildman–Crippen MR) is 96.9 cm³/mol. The van der Waals surface area contributed by atoms with E-state index < -0.39 is 0 Å². The van der Waals surface area contributed by atoms with E-state index in [1.54, 1.807) is 0 Å². The molecule has 0 saturated heterocycles. The van der Waals surface area contributed by atoms with Crippen LogP contribution in [0.15, 0.2) is 54.6 Å². The summed E-state index contributed by atoms with van der Waals surface area (Å²) in [5.41, 5.74) is 12.9. The van der Waals surface area contributed by atoms with Crippen molar-refractivity contribution in [1.29, 1.82) is 0 Å². The number of aryl methyl sites for hydroxylation is 5. The van der Waals surface area contributed by atoms with Gasteiger partial charge in [0.05, 0.1) is 0 Å². The maximum Gasteiger partial charge on any atom is -0.0175 e. The van der Waals surface area contributed by atoms with E-state index in [1.165, 1.54) is 75.8 Å². The van der Waals surface area contributed by atoms with Crippen molar-refractivity contribution in [2.45, 2.75) is 32.6 Å². The molecule has 0 atom stereocenters. The maximum atomic E-state index is 2.38. The van der Waals surface area contributed by atoms with E-state index in [2.05, 4.69) is 61.5 Å². The van der Waals surface area contributed by atoms with Gasteiger partial charge < -0.3 is 0 Å². The molecule has 3 aromatic rings. The highest BCUT2D eigenvalue weighted by molar-refractivity contribution is 5.75. The van der Waals surface area contributed by atoms with E-state index >= 15 is 0 Å². The fourth-order valence-electron chi connectivity index (χ4n) is 3.87. The van der Waals surface area contributed by atoms with Gasteiger partial charge in [-0.25, -0.2) is 0 Å². The van der Waals surface area contributed by atoms with Crippen molar-refractivity contribution in [3.8, 4) is 22.3 Å². The molecular formula is C23H20. The van der Waals surface area contributed by atoms with E-state index in [0.29, 0.717) is 0 Å². The first-order chi connectivity index (χ1) is 11.3. The fourth-order valence-corrected chi connectivity index (χ4v) is 3.87. The fraction of sp³-hybridized carbons (Fsp3) is 0.217. The van der Waals surface area contributed by atoms with E-state index in [-0.39, 0.29) is 0 Å². The molecule has 0 saturated carbocycles. The lowest BCUT2D eigenvalue weighted by atomic mass is 9.84. The molecule has 0 nitrogen and oxygen atoms in total. The molecule has 0 bridgehead atoms. The van der Waals surface area contributed by atoms with Crippen molar-refractivity contribution in [3.63, 3.8) is 0 Å². The Morgan fingerprint density at radius 1 is 0.478 bits per heavy atom. The van der Waals surface area contributed by atoms with Gasteiger partial charge in [0.15, 0.2) is 0 Å². The van der Waals surface area contributed by atoms with Crippen LogP contribution in [0.4, 0.5) is 0 Å². The topological polar surface area (TPSA) is 0 Å². The first-order valence-corrected chi connectivity index (χ1v) is 8.62. The Hall–Kier alpha value is -2.34. The molecule has 0 heterocycles. The van der Waals surface area contributed by atoms with Crippen LogP contribution in [0.2, 0.25) is 0 Å². The predicted octanol–water partition coefficient (Wildman–Crippen LogP) is 5.53. The zero-order valence-corrected chi connectivity index (χ0v) is 13.5. The van der Waals surface area contributed by atoms with Crippen LogP contribution in [0.5, 0.6) is 0 Å². The lowest BCUT2D eigenvalue weighted by Gasteiger charge is -2.21. The van der Waals surface area contributed by atoms with Crippen LogP contribution in [-0.4, -0.2) is 0 Å². The molecule has 23 heavy (non-hydrogen) atoms. The summed E-state index contributed by atoms with van der Waals surface area (Å²) < 4.78 is 0. The normalized spacial score (nSPS) is 14.5. The van der Waals surface area contributed by atoms with Gasteiger partial charge in [0.1, 0.15) is 0 Å². The van der Waals surface area contributed by atoms with Crippen molar-refractivity contribution in [1.82, 2.24) is 0 Å². The van der Waals surface area contributed by atoms with Gasteiger partial charge >= 0.3 is 0 Å². The smallest absolute Gasteiger partial charge is 0.0175 e. The Bertz CT molecular complexity index is 857. The highest BCUT2D eigenvalue weighted by atomic mass is 14.2. The second kappa shape index (κ2) is 4.83. The molecule has 5 rings (SSSR count). The molecule has 0 unspecified atom stereocenters. The van der Waals surface area contributed by atoms with Gasteiger partial charge in [0.25, 0.3) is 0 Å². The lowest BCUT2D eigenvalue weighted by Crippen LogP contribution is -2.07. The van der Waals surface area contributed by atoms with Crippen molar-refractivity contribution in [3.05, 3.63) is 82.4 Å². The molecule has 0 amide bonds. The Morgan fingerprint density at radius 3 is 1.35 bits per heavy atom. The minimum absolute atomic E-state index is 1.24. The van der Waals surface area contributed by atoms with Crippen LogP contribution in [-0.2, 0) is 25.7 Å². The number of benzene rings is 3. The Morgan fingerprint density at radius 2 is 0.957 bits per heavy atom. The van der Waals surface area contributed by atoms with Gasteiger partial charge in [-0.05, 0) is 88.7 Å². The largest absolute Gasteiger partial charge is 0.0581 e. The number of hydrogen-bond acceptors (Lipinski definition) is 0. The third-order valence-electron chi connectivity index (χ3n) is 5.48. The average Bonchev–Trinajstić information content (AvgIpc) is 2.49. The summed E-state index contributed by atoms with van der Waals surface area (Å²) in [6, 6.07) is 20.9. The number of hydrogen-bond donors (Lipinski definition) is 0. The van der Waals surface area contributed by atoms with Crippen molar-refractivity contribution in [2.75, 3.05) is 0 Å². The zero-order valence-electron chi connectivity index (χ0n) is 13.5. The Balaban J connectivity index is 1.61. The maximum absolute atomic E-state index is 2.38.